The molecule has 5 N–H and O–H groups in total. The van der Waals surface area contributed by atoms with Crippen LogP contribution in [0.3, 0.4) is 0 Å². The van der Waals surface area contributed by atoms with Crippen molar-refractivity contribution in [2.75, 3.05) is 6.61 Å². The Labute approximate surface area is 109 Å². The summed E-state index contributed by atoms with van der Waals surface area (Å²) in [5.74, 6) is -2.59. The van der Waals surface area contributed by atoms with Gasteiger partial charge in [-0.3, -0.25) is 4.79 Å². The van der Waals surface area contributed by atoms with E-state index in [0.29, 0.717) is 0 Å². The molecule has 0 aromatic rings. The quantitative estimate of drug-likeness (QED) is 0.236. The Balaban J connectivity index is 0. The molecule has 1 rings (SSSR count). The van der Waals surface area contributed by atoms with Gasteiger partial charge in [-0.1, -0.05) is 0 Å². The third kappa shape index (κ3) is 2.76. The van der Waals surface area contributed by atoms with Crippen molar-refractivity contribution in [3.05, 3.63) is 0 Å². The molecule has 1 heterocycles. The van der Waals surface area contributed by atoms with Gasteiger partial charge in [0, 0.05) is 0 Å². The van der Waals surface area contributed by atoms with Gasteiger partial charge >= 0.3 is 29.6 Å². The average molecular weight is 232 g/mol. The first-order chi connectivity index (χ1) is 6.46. The zero-order chi connectivity index (χ0) is 10.9. The molecule has 84 valence electrons. The molecular formula is C7H13NaO7. The van der Waals surface area contributed by atoms with E-state index in [1.54, 1.807) is 0 Å². The fourth-order valence-corrected chi connectivity index (χ4v) is 1.28. The largest absolute Gasteiger partial charge is 1.00 e. The monoisotopic (exact) mass is 232 g/mol. The number of rotatable bonds is 2. The van der Waals surface area contributed by atoms with Crippen molar-refractivity contribution in [1.29, 1.82) is 0 Å². The molecule has 0 aromatic heterocycles. The molecule has 1 saturated heterocycles. The molecule has 0 unspecified atom stereocenters. The molecular weight excluding hydrogens is 219 g/mol. The molecule has 1 aliphatic heterocycles. The molecule has 7 nitrogen and oxygen atoms in total. The number of aliphatic hydroxyl groups excluding tert-OH is 4. The van der Waals surface area contributed by atoms with Crippen molar-refractivity contribution in [3.8, 4) is 0 Å². The number of aliphatic hydroxyl groups is 5. The number of ether oxygens (including phenoxy) is 1. The van der Waals surface area contributed by atoms with Crippen molar-refractivity contribution in [2.45, 2.75) is 30.2 Å². The first kappa shape index (κ1) is 15.4. The molecule has 5 atom stereocenters. The van der Waals surface area contributed by atoms with Gasteiger partial charge in [-0.25, -0.2) is 0 Å². The molecule has 0 aliphatic carbocycles. The van der Waals surface area contributed by atoms with Crippen molar-refractivity contribution in [3.63, 3.8) is 0 Å². The third-order valence-electron chi connectivity index (χ3n) is 2.17. The second kappa shape index (κ2) is 5.67. The molecule has 15 heavy (non-hydrogen) atoms. The SMILES string of the molecule is O=C[C@@]1(O)O[C@H](CO)[C@@H](O)[C@H](O)[C@H]1O.[H-].[Na+]. The van der Waals surface area contributed by atoms with Crippen LogP contribution in [0, 0.1) is 0 Å². The summed E-state index contributed by atoms with van der Waals surface area (Å²) in [6.45, 7) is -0.693. The van der Waals surface area contributed by atoms with Gasteiger partial charge in [0.15, 0.2) is 6.29 Å². The van der Waals surface area contributed by atoms with E-state index in [-0.39, 0.29) is 37.3 Å². The fourth-order valence-electron chi connectivity index (χ4n) is 1.28. The van der Waals surface area contributed by atoms with E-state index in [1.807, 2.05) is 0 Å². The maximum Gasteiger partial charge on any atom is 1.00 e. The summed E-state index contributed by atoms with van der Waals surface area (Å²) < 4.78 is 4.54. The smallest absolute Gasteiger partial charge is 1.00 e. The molecule has 8 heteroatoms. The van der Waals surface area contributed by atoms with Crippen LogP contribution in [0.15, 0.2) is 0 Å². The van der Waals surface area contributed by atoms with E-state index in [0.717, 1.165) is 0 Å². The minimum atomic E-state index is -2.59. The summed E-state index contributed by atoms with van der Waals surface area (Å²) in [5, 5.41) is 45.6. The van der Waals surface area contributed by atoms with Gasteiger partial charge in [-0.15, -0.1) is 0 Å². The molecule has 0 aromatic carbocycles. The van der Waals surface area contributed by atoms with Crippen LogP contribution in [0.4, 0.5) is 0 Å². The Morgan fingerprint density at radius 3 is 2.27 bits per heavy atom. The molecule has 0 saturated carbocycles. The molecule has 0 radical (unpaired) electrons. The van der Waals surface area contributed by atoms with Crippen LogP contribution in [-0.4, -0.2) is 68.6 Å². The van der Waals surface area contributed by atoms with Crippen LogP contribution in [0.2, 0.25) is 0 Å². The van der Waals surface area contributed by atoms with Crippen molar-refractivity contribution in [1.82, 2.24) is 0 Å². The molecule has 0 amide bonds. The van der Waals surface area contributed by atoms with E-state index in [1.165, 1.54) is 0 Å². The van der Waals surface area contributed by atoms with Crippen LogP contribution in [0.5, 0.6) is 0 Å². The Kier molecular flexibility index (Phi) is 5.83. The van der Waals surface area contributed by atoms with Gasteiger partial charge in [0.05, 0.1) is 6.61 Å². The van der Waals surface area contributed by atoms with Gasteiger partial charge in [0.1, 0.15) is 24.4 Å². The summed E-state index contributed by atoms with van der Waals surface area (Å²) >= 11 is 0. The topological polar surface area (TPSA) is 127 Å². The van der Waals surface area contributed by atoms with Crippen molar-refractivity contribution in [2.24, 2.45) is 0 Å². The summed E-state index contributed by atoms with van der Waals surface area (Å²) in [4.78, 5) is 10.4. The number of hydrogen-bond acceptors (Lipinski definition) is 7. The Bertz CT molecular complexity index is 229. The number of carbonyl (C=O) groups is 1. The second-order valence-corrected chi connectivity index (χ2v) is 3.13. The normalized spacial score (nSPS) is 45.7. The van der Waals surface area contributed by atoms with Crippen LogP contribution in [0.25, 0.3) is 0 Å². The van der Waals surface area contributed by atoms with E-state index in [2.05, 4.69) is 4.74 Å². The van der Waals surface area contributed by atoms with Gasteiger partial charge in [0.2, 0.25) is 0 Å². The molecule has 1 aliphatic rings. The van der Waals surface area contributed by atoms with Gasteiger partial charge in [-0.2, -0.15) is 0 Å². The summed E-state index contributed by atoms with van der Waals surface area (Å²) in [7, 11) is 0. The van der Waals surface area contributed by atoms with E-state index in [9.17, 15) is 25.2 Å². The Morgan fingerprint density at radius 1 is 1.33 bits per heavy atom. The zero-order valence-electron chi connectivity index (χ0n) is 9.15. The van der Waals surface area contributed by atoms with E-state index in [4.69, 9.17) is 5.11 Å². The summed E-state index contributed by atoms with van der Waals surface area (Å²) in [6, 6.07) is 0. The van der Waals surface area contributed by atoms with E-state index < -0.39 is 36.8 Å². The van der Waals surface area contributed by atoms with Crippen LogP contribution in [-0.2, 0) is 9.53 Å². The third-order valence-corrected chi connectivity index (χ3v) is 2.17. The first-order valence-electron chi connectivity index (χ1n) is 3.98. The van der Waals surface area contributed by atoms with Gasteiger partial charge in [-0.05, 0) is 0 Å². The van der Waals surface area contributed by atoms with Crippen LogP contribution < -0.4 is 29.6 Å². The Morgan fingerprint density at radius 2 is 1.87 bits per heavy atom. The standard InChI is InChI=1S/C7H12O7.Na.H/c8-1-3-4(10)5(11)6(12)7(13,2-9)14-3;;/h2-6,8,10-13H,1H2;;/q;+1;-1/t3-,4-,5+,6-,7-;;/m1../s1. The minimum Gasteiger partial charge on any atom is -1.00 e. The summed E-state index contributed by atoms with van der Waals surface area (Å²) in [5.41, 5.74) is 0. The van der Waals surface area contributed by atoms with Gasteiger partial charge in [0.25, 0.3) is 5.79 Å². The van der Waals surface area contributed by atoms with Crippen molar-refractivity contribution < 1.29 is 66.0 Å². The number of carbonyl (C=O) groups excluding carboxylic acids is 1. The number of hydrogen-bond donors (Lipinski definition) is 5. The molecule has 0 bridgehead atoms. The first-order valence-corrected chi connectivity index (χ1v) is 3.98. The second-order valence-electron chi connectivity index (χ2n) is 3.13. The predicted molar refractivity (Wildman–Crippen MR) is 42.1 cm³/mol. The zero-order valence-corrected chi connectivity index (χ0v) is 10.1. The van der Waals surface area contributed by atoms with Crippen LogP contribution >= 0.6 is 0 Å². The maximum atomic E-state index is 10.4. The number of aldehydes is 1. The van der Waals surface area contributed by atoms with Crippen LogP contribution in [0.1, 0.15) is 1.43 Å². The summed E-state index contributed by atoms with van der Waals surface area (Å²) in [6.07, 6.45) is -6.68. The van der Waals surface area contributed by atoms with Gasteiger partial charge < -0.3 is 31.7 Å². The van der Waals surface area contributed by atoms with E-state index >= 15 is 0 Å². The Hall–Kier alpha value is 0.430. The molecule has 1 fully saturated rings. The fraction of sp³-hybridized carbons (Fsp3) is 0.857. The van der Waals surface area contributed by atoms with Crippen molar-refractivity contribution >= 4 is 6.29 Å². The minimum absolute atomic E-state index is 0. The maximum absolute atomic E-state index is 10.4. The molecule has 0 spiro atoms. The predicted octanol–water partition coefficient (Wildman–Crippen LogP) is -6.54. The average Bonchev–Trinajstić information content (AvgIpc) is 2.20.